The molecule has 2 aromatic rings. The Morgan fingerprint density at radius 1 is 1.44 bits per heavy atom. The number of hydrogen-bond acceptors (Lipinski definition) is 3. The van der Waals surface area contributed by atoms with Crippen LogP contribution in [0.25, 0.3) is 0 Å². The maximum atomic E-state index is 6.06. The zero-order valence-electron chi connectivity index (χ0n) is 15.3. The molecule has 1 N–H and O–H groups in total. The Labute approximate surface area is 176 Å². The fraction of sp³-hybridized carbons (Fsp3) is 0.529. The number of aromatic nitrogens is 2. The molecule has 0 atom stereocenters. The summed E-state index contributed by atoms with van der Waals surface area (Å²) in [7, 11) is 4.05. The molecule has 0 fully saturated rings. The number of aryl methyl sites for hydroxylation is 2. The topological polar surface area (TPSA) is 45.5 Å². The van der Waals surface area contributed by atoms with Crippen LogP contribution in [0.5, 0.6) is 0 Å². The van der Waals surface area contributed by atoms with E-state index in [0.29, 0.717) is 0 Å². The molecule has 8 heteroatoms. The molecule has 0 saturated heterocycles. The van der Waals surface area contributed by atoms with Crippen LogP contribution >= 0.6 is 46.9 Å². The fourth-order valence-corrected chi connectivity index (χ4v) is 3.52. The van der Waals surface area contributed by atoms with Crippen LogP contribution in [0, 0.1) is 0 Å². The minimum atomic E-state index is 0. The molecule has 2 rings (SSSR count). The second kappa shape index (κ2) is 11.0. The summed E-state index contributed by atoms with van der Waals surface area (Å²) in [5.74, 6) is 0.905. The first-order valence-electron chi connectivity index (χ1n) is 8.27. The van der Waals surface area contributed by atoms with Gasteiger partial charge in [-0.2, -0.15) is 0 Å². The Hall–Kier alpha value is -0.800. The van der Waals surface area contributed by atoms with Crippen LogP contribution in [-0.2, 0) is 26.4 Å². The third-order valence-electron chi connectivity index (χ3n) is 3.71. The number of halogens is 2. The number of nitrogens with one attached hydrogen (secondary N) is 1. The van der Waals surface area contributed by atoms with Crippen LogP contribution in [0.2, 0.25) is 5.02 Å². The Morgan fingerprint density at radius 3 is 2.76 bits per heavy atom. The highest BCUT2D eigenvalue weighted by molar-refractivity contribution is 14.0. The predicted octanol–water partition coefficient (Wildman–Crippen LogP) is 3.96. The molecule has 0 aliphatic carbocycles. The van der Waals surface area contributed by atoms with Crippen molar-refractivity contribution in [3.05, 3.63) is 39.1 Å². The van der Waals surface area contributed by atoms with E-state index in [2.05, 4.69) is 29.0 Å². The van der Waals surface area contributed by atoms with E-state index in [-0.39, 0.29) is 24.0 Å². The molecule has 0 aromatic carbocycles. The molecular weight excluding hydrogens is 469 g/mol. The molecule has 0 radical (unpaired) electrons. The Bertz CT molecular complexity index is 682. The molecule has 0 unspecified atom stereocenters. The van der Waals surface area contributed by atoms with Crippen molar-refractivity contribution >= 4 is 52.9 Å². The first-order chi connectivity index (χ1) is 11.5. The summed E-state index contributed by atoms with van der Waals surface area (Å²) in [5, 5.41) is 5.27. The molecule has 0 bridgehead atoms. The summed E-state index contributed by atoms with van der Waals surface area (Å²) in [5.41, 5.74) is 1.15. The van der Waals surface area contributed by atoms with E-state index in [4.69, 9.17) is 16.6 Å². The lowest BCUT2D eigenvalue weighted by molar-refractivity contribution is 0.462. The summed E-state index contributed by atoms with van der Waals surface area (Å²) in [4.78, 5) is 12.6. The van der Waals surface area contributed by atoms with Crippen LogP contribution in [0.4, 0.5) is 0 Å². The van der Waals surface area contributed by atoms with Crippen LogP contribution in [0.3, 0.4) is 0 Å². The Balaban J connectivity index is 0.00000312. The predicted molar refractivity (Wildman–Crippen MR) is 118 cm³/mol. The average molecular weight is 496 g/mol. The van der Waals surface area contributed by atoms with Gasteiger partial charge in [-0.25, -0.2) is 4.98 Å². The van der Waals surface area contributed by atoms with Gasteiger partial charge in [-0.3, -0.25) is 4.99 Å². The zero-order chi connectivity index (χ0) is 17.5. The number of hydrogen-bond donors (Lipinski definition) is 1. The lowest BCUT2D eigenvalue weighted by Gasteiger charge is -2.22. The molecule has 0 amide bonds. The first-order valence-corrected chi connectivity index (χ1v) is 9.46. The van der Waals surface area contributed by atoms with Gasteiger partial charge in [0, 0.05) is 56.6 Å². The standard InChI is InChI=1S/C17H26ClN5S.HI/c1-5-15-10-21-16(24-15)7-8-20-17(19-6-2)23(4)12-14-9-13(18)11-22(14)3;/h9-11H,5-8,12H2,1-4H3,(H,19,20);1H. The molecule has 2 heterocycles. The summed E-state index contributed by atoms with van der Waals surface area (Å²) >= 11 is 7.85. The number of aliphatic imine (C=N–C) groups is 1. The van der Waals surface area contributed by atoms with Gasteiger partial charge < -0.3 is 14.8 Å². The normalized spacial score (nSPS) is 11.3. The second-order valence-corrected chi connectivity index (χ2v) is 7.31. The van der Waals surface area contributed by atoms with Gasteiger partial charge >= 0.3 is 0 Å². The highest BCUT2D eigenvalue weighted by Gasteiger charge is 2.10. The molecule has 5 nitrogen and oxygen atoms in total. The maximum absolute atomic E-state index is 6.06. The number of guanidine groups is 1. The van der Waals surface area contributed by atoms with Crippen LogP contribution in [0.1, 0.15) is 29.4 Å². The van der Waals surface area contributed by atoms with E-state index in [1.807, 2.05) is 37.1 Å². The largest absolute Gasteiger partial charge is 0.357 e. The van der Waals surface area contributed by atoms with Gasteiger partial charge in [0.05, 0.1) is 16.6 Å². The van der Waals surface area contributed by atoms with Crippen molar-refractivity contribution in [3.63, 3.8) is 0 Å². The zero-order valence-corrected chi connectivity index (χ0v) is 19.2. The van der Waals surface area contributed by atoms with E-state index >= 15 is 0 Å². The monoisotopic (exact) mass is 495 g/mol. The van der Waals surface area contributed by atoms with Gasteiger partial charge in [0.1, 0.15) is 0 Å². The van der Waals surface area contributed by atoms with Crippen molar-refractivity contribution in [1.82, 2.24) is 19.8 Å². The fourth-order valence-electron chi connectivity index (χ4n) is 2.40. The summed E-state index contributed by atoms with van der Waals surface area (Å²) in [6.07, 6.45) is 5.82. The minimum Gasteiger partial charge on any atom is -0.357 e. The molecule has 0 spiro atoms. The van der Waals surface area contributed by atoms with Crippen molar-refractivity contribution in [2.45, 2.75) is 33.2 Å². The van der Waals surface area contributed by atoms with Crippen molar-refractivity contribution in [1.29, 1.82) is 0 Å². The third-order valence-corrected chi connectivity index (χ3v) is 5.12. The smallest absolute Gasteiger partial charge is 0.194 e. The molecule has 0 saturated carbocycles. The summed E-state index contributed by atoms with van der Waals surface area (Å²) in [6, 6.07) is 1.99. The van der Waals surface area contributed by atoms with Crippen LogP contribution in [0.15, 0.2) is 23.5 Å². The van der Waals surface area contributed by atoms with Crippen molar-refractivity contribution in [3.8, 4) is 0 Å². The quantitative estimate of drug-likeness (QED) is 0.359. The number of thiazole rings is 1. The Morgan fingerprint density at radius 2 is 2.20 bits per heavy atom. The molecule has 0 aliphatic heterocycles. The number of nitrogens with zero attached hydrogens (tertiary/aromatic N) is 4. The SMILES string of the molecule is CCNC(=NCCc1ncc(CC)s1)N(C)Cc1cc(Cl)cn1C.I. The van der Waals surface area contributed by atoms with Crippen molar-refractivity contribution in [2.24, 2.45) is 12.0 Å². The van der Waals surface area contributed by atoms with E-state index in [0.717, 1.165) is 54.2 Å². The molecule has 140 valence electrons. The first kappa shape index (κ1) is 22.2. The van der Waals surface area contributed by atoms with Crippen molar-refractivity contribution < 1.29 is 0 Å². The van der Waals surface area contributed by atoms with Gasteiger partial charge in [0.25, 0.3) is 0 Å². The van der Waals surface area contributed by atoms with Gasteiger partial charge in [0.2, 0.25) is 0 Å². The number of rotatable bonds is 7. The third kappa shape index (κ3) is 6.79. The maximum Gasteiger partial charge on any atom is 0.194 e. The highest BCUT2D eigenvalue weighted by atomic mass is 127. The Kier molecular flexibility index (Phi) is 9.81. The summed E-state index contributed by atoms with van der Waals surface area (Å²) < 4.78 is 2.05. The highest BCUT2D eigenvalue weighted by Crippen LogP contribution is 2.15. The van der Waals surface area contributed by atoms with E-state index in [1.54, 1.807) is 11.3 Å². The van der Waals surface area contributed by atoms with E-state index < -0.39 is 0 Å². The molecule has 2 aromatic heterocycles. The minimum absolute atomic E-state index is 0. The molecule has 25 heavy (non-hydrogen) atoms. The summed E-state index contributed by atoms with van der Waals surface area (Å²) in [6.45, 7) is 6.57. The van der Waals surface area contributed by atoms with E-state index in [1.165, 1.54) is 4.88 Å². The average Bonchev–Trinajstić information content (AvgIpc) is 3.13. The lowest BCUT2D eigenvalue weighted by Crippen LogP contribution is -2.39. The second-order valence-electron chi connectivity index (χ2n) is 5.68. The van der Waals surface area contributed by atoms with Crippen molar-refractivity contribution in [2.75, 3.05) is 20.1 Å². The van der Waals surface area contributed by atoms with Crippen LogP contribution < -0.4 is 5.32 Å². The lowest BCUT2D eigenvalue weighted by atomic mass is 10.4. The van der Waals surface area contributed by atoms with Gasteiger partial charge in [0.15, 0.2) is 5.96 Å². The van der Waals surface area contributed by atoms with Crippen LogP contribution in [-0.4, -0.2) is 40.5 Å². The van der Waals surface area contributed by atoms with Gasteiger partial charge in [-0.1, -0.05) is 18.5 Å². The molecule has 0 aliphatic rings. The van der Waals surface area contributed by atoms with E-state index in [9.17, 15) is 0 Å². The van der Waals surface area contributed by atoms with Gasteiger partial charge in [-0.05, 0) is 19.4 Å². The molecular formula is C17H27ClIN5S. The van der Waals surface area contributed by atoms with Gasteiger partial charge in [-0.15, -0.1) is 35.3 Å².